The molecule has 1 amide bonds. The number of amides is 1. The van der Waals surface area contributed by atoms with E-state index in [2.05, 4.69) is 4.90 Å². The lowest BCUT2D eigenvalue weighted by Gasteiger charge is -2.37. The van der Waals surface area contributed by atoms with Gasteiger partial charge in [0.1, 0.15) is 0 Å². The number of anilines is 1. The Morgan fingerprint density at radius 2 is 2.11 bits per heavy atom. The van der Waals surface area contributed by atoms with Crippen LogP contribution in [0, 0.1) is 0 Å². The minimum atomic E-state index is 0.0424. The topological polar surface area (TPSA) is 49.6 Å². The fraction of sp³-hybridized carbons (Fsp3) is 0.500. The lowest BCUT2D eigenvalue weighted by molar-refractivity contribution is 0.0571. The molecule has 4 nitrogen and oxygen atoms in total. The van der Waals surface area contributed by atoms with Crippen LogP contribution in [0.15, 0.2) is 18.2 Å². The standard InChI is InChI=1S/C14H18ClN3O/c15-11-6-10(7-12(16)8-11)14(19)18-5-4-17-3-1-2-13(17)9-18/h6-8,13H,1-5,9,16H2. The van der Waals surface area contributed by atoms with Crippen LogP contribution in [-0.2, 0) is 0 Å². The second-order valence-electron chi connectivity index (χ2n) is 5.36. The molecule has 0 aromatic heterocycles. The number of rotatable bonds is 1. The predicted molar refractivity (Wildman–Crippen MR) is 76.4 cm³/mol. The molecule has 1 unspecified atom stereocenters. The molecule has 2 aliphatic rings. The number of carbonyl (C=O) groups is 1. The van der Waals surface area contributed by atoms with Crippen LogP contribution in [0.4, 0.5) is 5.69 Å². The minimum Gasteiger partial charge on any atom is -0.399 e. The first-order chi connectivity index (χ1) is 9.13. The summed E-state index contributed by atoms with van der Waals surface area (Å²) in [5.41, 5.74) is 6.88. The molecule has 2 aliphatic heterocycles. The SMILES string of the molecule is Nc1cc(Cl)cc(C(=O)N2CCN3CCCC3C2)c1. The normalized spacial score (nSPS) is 23.4. The number of nitrogen functional groups attached to an aromatic ring is 1. The first-order valence-corrected chi connectivity index (χ1v) is 7.11. The van der Waals surface area contributed by atoms with E-state index in [4.69, 9.17) is 17.3 Å². The van der Waals surface area contributed by atoms with Crippen molar-refractivity contribution in [2.45, 2.75) is 18.9 Å². The zero-order chi connectivity index (χ0) is 13.4. The third kappa shape index (κ3) is 2.55. The molecule has 2 N–H and O–H groups in total. The van der Waals surface area contributed by atoms with Gasteiger partial charge in [0.25, 0.3) is 5.91 Å². The summed E-state index contributed by atoms with van der Waals surface area (Å²) < 4.78 is 0. The fourth-order valence-corrected chi connectivity index (χ4v) is 3.34. The zero-order valence-electron chi connectivity index (χ0n) is 10.8. The lowest BCUT2D eigenvalue weighted by atomic mass is 10.1. The highest BCUT2D eigenvalue weighted by Crippen LogP contribution is 2.24. The van der Waals surface area contributed by atoms with E-state index in [1.807, 2.05) is 4.90 Å². The number of carbonyl (C=O) groups excluding carboxylic acids is 1. The van der Waals surface area contributed by atoms with Crippen LogP contribution in [0.5, 0.6) is 0 Å². The summed E-state index contributed by atoms with van der Waals surface area (Å²) >= 11 is 5.96. The Labute approximate surface area is 118 Å². The Bertz CT molecular complexity index is 485. The molecular weight excluding hydrogens is 262 g/mol. The maximum Gasteiger partial charge on any atom is 0.254 e. The van der Waals surface area contributed by atoms with Gasteiger partial charge < -0.3 is 10.6 Å². The summed E-state index contributed by atoms with van der Waals surface area (Å²) in [5, 5.41) is 0.517. The second kappa shape index (κ2) is 5.02. The number of nitrogens with zero attached hydrogens (tertiary/aromatic N) is 2. The van der Waals surface area contributed by atoms with E-state index in [0.717, 1.165) is 19.6 Å². The molecule has 2 heterocycles. The van der Waals surface area contributed by atoms with Crippen LogP contribution in [0.1, 0.15) is 23.2 Å². The highest BCUT2D eigenvalue weighted by Gasteiger charge is 2.32. The van der Waals surface area contributed by atoms with Crippen LogP contribution < -0.4 is 5.73 Å². The van der Waals surface area contributed by atoms with Gasteiger partial charge in [0.05, 0.1) is 0 Å². The molecule has 2 fully saturated rings. The highest BCUT2D eigenvalue weighted by molar-refractivity contribution is 6.31. The van der Waals surface area contributed by atoms with Crippen molar-refractivity contribution >= 4 is 23.2 Å². The quantitative estimate of drug-likeness (QED) is 0.798. The van der Waals surface area contributed by atoms with Crippen molar-refractivity contribution in [3.63, 3.8) is 0 Å². The summed E-state index contributed by atoms with van der Waals surface area (Å²) in [6, 6.07) is 5.60. The molecule has 5 heteroatoms. The molecule has 19 heavy (non-hydrogen) atoms. The summed E-state index contributed by atoms with van der Waals surface area (Å²) in [6.45, 7) is 3.77. The number of benzene rings is 1. The van der Waals surface area contributed by atoms with Crippen LogP contribution in [-0.4, -0.2) is 47.9 Å². The summed E-state index contributed by atoms with van der Waals surface area (Å²) in [4.78, 5) is 16.9. The number of nitrogens with two attached hydrogens (primary N) is 1. The van der Waals surface area contributed by atoms with Gasteiger partial charge in [0.2, 0.25) is 0 Å². The molecule has 102 valence electrons. The Kier molecular flexibility index (Phi) is 3.37. The van der Waals surface area contributed by atoms with Crippen LogP contribution in [0.25, 0.3) is 0 Å². The summed E-state index contributed by atoms with van der Waals surface area (Å²) in [5.74, 6) is 0.0424. The van der Waals surface area contributed by atoms with Gasteiger partial charge >= 0.3 is 0 Å². The Morgan fingerprint density at radius 3 is 2.89 bits per heavy atom. The smallest absolute Gasteiger partial charge is 0.254 e. The van der Waals surface area contributed by atoms with Gasteiger partial charge in [-0.15, -0.1) is 0 Å². The van der Waals surface area contributed by atoms with Gasteiger partial charge in [-0.1, -0.05) is 11.6 Å². The molecule has 0 aliphatic carbocycles. The van der Waals surface area contributed by atoms with Gasteiger partial charge in [0.15, 0.2) is 0 Å². The number of hydrogen-bond donors (Lipinski definition) is 1. The average Bonchev–Trinajstić information content (AvgIpc) is 2.83. The van der Waals surface area contributed by atoms with Crippen LogP contribution >= 0.6 is 11.6 Å². The molecule has 3 rings (SSSR count). The number of fused-ring (bicyclic) bond motifs is 1. The van der Waals surface area contributed by atoms with E-state index >= 15 is 0 Å². The first-order valence-electron chi connectivity index (χ1n) is 6.73. The molecule has 0 spiro atoms. The Morgan fingerprint density at radius 1 is 1.26 bits per heavy atom. The zero-order valence-corrected chi connectivity index (χ0v) is 11.6. The lowest BCUT2D eigenvalue weighted by Crippen LogP contribution is -2.52. The maximum absolute atomic E-state index is 12.5. The van der Waals surface area contributed by atoms with E-state index in [-0.39, 0.29) is 5.91 Å². The summed E-state index contributed by atoms with van der Waals surface area (Å²) in [7, 11) is 0. The maximum atomic E-state index is 12.5. The number of halogens is 1. The molecule has 0 saturated carbocycles. The number of hydrogen-bond acceptors (Lipinski definition) is 3. The van der Waals surface area contributed by atoms with Crippen molar-refractivity contribution in [3.8, 4) is 0 Å². The first kappa shape index (κ1) is 12.8. The van der Waals surface area contributed by atoms with Gasteiger partial charge in [0, 0.05) is 41.9 Å². The van der Waals surface area contributed by atoms with Crippen molar-refractivity contribution in [1.82, 2.24) is 9.80 Å². The minimum absolute atomic E-state index is 0.0424. The fourth-order valence-electron chi connectivity index (χ4n) is 3.09. The third-order valence-electron chi connectivity index (χ3n) is 4.04. The Balaban J connectivity index is 1.76. The predicted octanol–water partition coefficient (Wildman–Crippen LogP) is 1.84. The Hall–Kier alpha value is -1.26. The van der Waals surface area contributed by atoms with Crippen LogP contribution in [0.3, 0.4) is 0 Å². The van der Waals surface area contributed by atoms with Gasteiger partial charge in [-0.3, -0.25) is 9.69 Å². The largest absolute Gasteiger partial charge is 0.399 e. The monoisotopic (exact) mass is 279 g/mol. The highest BCUT2D eigenvalue weighted by atomic mass is 35.5. The molecule has 0 bridgehead atoms. The summed E-state index contributed by atoms with van der Waals surface area (Å²) in [6.07, 6.45) is 2.44. The number of piperazine rings is 1. The van der Waals surface area contributed by atoms with E-state index in [1.165, 1.54) is 19.4 Å². The van der Waals surface area contributed by atoms with Gasteiger partial charge in [-0.2, -0.15) is 0 Å². The molecule has 1 aromatic carbocycles. The third-order valence-corrected chi connectivity index (χ3v) is 4.26. The molecule has 1 aromatic rings. The van der Waals surface area contributed by atoms with Crippen molar-refractivity contribution in [1.29, 1.82) is 0 Å². The van der Waals surface area contributed by atoms with Gasteiger partial charge in [-0.05, 0) is 37.6 Å². The molecular formula is C14H18ClN3O. The van der Waals surface area contributed by atoms with E-state index in [1.54, 1.807) is 18.2 Å². The molecule has 1 atom stereocenters. The van der Waals surface area contributed by atoms with E-state index in [0.29, 0.717) is 22.3 Å². The second-order valence-corrected chi connectivity index (χ2v) is 5.79. The van der Waals surface area contributed by atoms with E-state index in [9.17, 15) is 4.79 Å². The van der Waals surface area contributed by atoms with E-state index < -0.39 is 0 Å². The molecule has 0 radical (unpaired) electrons. The van der Waals surface area contributed by atoms with Crippen molar-refractivity contribution in [2.75, 3.05) is 31.9 Å². The van der Waals surface area contributed by atoms with Crippen molar-refractivity contribution in [2.24, 2.45) is 0 Å². The molecule has 2 saturated heterocycles. The van der Waals surface area contributed by atoms with Crippen LogP contribution in [0.2, 0.25) is 5.02 Å². The average molecular weight is 280 g/mol. The van der Waals surface area contributed by atoms with Crippen molar-refractivity contribution < 1.29 is 4.79 Å². The van der Waals surface area contributed by atoms with Gasteiger partial charge in [-0.25, -0.2) is 0 Å². The van der Waals surface area contributed by atoms with Crippen molar-refractivity contribution in [3.05, 3.63) is 28.8 Å².